The smallest absolute Gasteiger partial charge is 0.351 e. The molecular weight excluding hydrogens is 615 g/mol. The van der Waals surface area contributed by atoms with Gasteiger partial charge in [-0.3, -0.25) is 0 Å². The van der Waals surface area contributed by atoms with Crippen molar-refractivity contribution >= 4 is 56.3 Å². The highest BCUT2D eigenvalue weighted by Crippen LogP contribution is 2.69. The quantitative estimate of drug-likeness (QED) is 0.0633. The molecule has 1 unspecified atom stereocenters. The second kappa shape index (κ2) is 13.9. The van der Waals surface area contributed by atoms with E-state index in [2.05, 4.69) is 36.4 Å². The zero-order valence-electron chi connectivity index (χ0n) is 27.5. The molecule has 0 aliphatic carbocycles. The first-order chi connectivity index (χ1) is 23.4. The van der Waals surface area contributed by atoms with Crippen molar-refractivity contribution in [1.29, 1.82) is 0 Å². The minimum Gasteiger partial charge on any atom is -0.507 e. The highest BCUT2D eigenvalue weighted by molar-refractivity contribution is 7.97. The standard InChI is InChI=1S/C42H39O5P/c1-4-46-40(44)37(38-35-27-17-15-25-33(35)34-26-16-18-28-36(34)39(38)43)29-42(3,41(45)47-5-2)48(30-19-9-6-10-20-30,31-21-11-7-12-22-31)32-23-13-8-14-24-32/h6-28H,4-5,29H2,1-3H3,(H-,43,44)/p+1/b40-37-. The number of carbonyl (C=O) groups is 1. The summed E-state index contributed by atoms with van der Waals surface area (Å²) in [6, 6.07) is 45.9. The number of aromatic hydroxyl groups is 1. The molecule has 5 nitrogen and oxygen atoms in total. The Morgan fingerprint density at radius 1 is 0.604 bits per heavy atom. The van der Waals surface area contributed by atoms with Crippen LogP contribution in [0.25, 0.3) is 27.1 Å². The van der Waals surface area contributed by atoms with Gasteiger partial charge in [-0.1, -0.05) is 103 Å². The maximum atomic E-state index is 14.9. The van der Waals surface area contributed by atoms with Crippen LogP contribution in [0, 0.1) is 0 Å². The van der Waals surface area contributed by atoms with Gasteiger partial charge in [0, 0.05) is 22.9 Å². The molecule has 0 radical (unpaired) electrons. The van der Waals surface area contributed by atoms with Crippen molar-refractivity contribution in [3.63, 3.8) is 0 Å². The van der Waals surface area contributed by atoms with Gasteiger partial charge in [0.05, 0.1) is 13.2 Å². The van der Waals surface area contributed by atoms with E-state index in [9.17, 15) is 15.0 Å². The minimum atomic E-state index is -2.97. The zero-order valence-corrected chi connectivity index (χ0v) is 28.4. The van der Waals surface area contributed by atoms with Crippen molar-refractivity contribution in [2.75, 3.05) is 13.2 Å². The number of allylic oxidation sites excluding steroid dienone is 1. The normalized spacial score (nSPS) is 13.5. The summed E-state index contributed by atoms with van der Waals surface area (Å²) in [6.07, 6.45) is 0.0000217. The fourth-order valence-corrected chi connectivity index (χ4v) is 12.3. The molecule has 0 aliphatic heterocycles. The molecule has 2 N–H and O–H groups in total. The van der Waals surface area contributed by atoms with Crippen LogP contribution < -0.4 is 15.9 Å². The van der Waals surface area contributed by atoms with E-state index in [1.165, 1.54) is 0 Å². The van der Waals surface area contributed by atoms with Crippen LogP contribution in [0.15, 0.2) is 145 Å². The number of rotatable bonds is 11. The van der Waals surface area contributed by atoms with Gasteiger partial charge in [0.1, 0.15) is 28.9 Å². The van der Waals surface area contributed by atoms with Gasteiger partial charge in [-0.05, 0) is 73.3 Å². The summed E-state index contributed by atoms with van der Waals surface area (Å²) in [5.41, 5.74) is 0.761. The lowest BCUT2D eigenvalue weighted by Gasteiger charge is -2.41. The van der Waals surface area contributed by atoms with Crippen LogP contribution >= 0.6 is 7.26 Å². The average Bonchev–Trinajstić information content (AvgIpc) is 3.13. The maximum absolute atomic E-state index is 14.9. The molecule has 6 rings (SSSR count). The first-order valence-corrected chi connectivity index (χ1v) is 18.1. The monoisotopic (exact) mass is 655 g/mol. The molecule has 0 spiro atoms. The van der Waals surface area contributed by atoms with Gasteiger partial charge in [0.25, 0.3) is 5.95 Å². The summed E-state index contributed by atoms with van der Waals surface area (Å²) in [6.45, 7) is 5.92. The van der Waals surface area contributed by atoms with Gasteiger partial charge in [0.15, 0.2) is 5.16 Å². The predicted octanol–water partition coefficient (Wildman–Crippen LogP) is 8.67. The third-order valence-electron chi connectivity index (χ3n) is 9.15. The largest absolute Gasteiger partial charge is 0.507 e. The predicted molar refractivity (Wildman–Crippen MR) is 199 cm³/mol. The van der Waals surface area contributed by atoms with E-state index in [-0.39, 0.29) is 31.3 Å². The number of carbonyl (C=O) groups excluding carboxylic acids is 1. The molecule has 0 saturated heterocycles. The average molecular weight is 656 g/mol. The fraction of sp³-hybridized carbons (Fsp3) is 0.167. The van der Waals surface area contributed by atoms with Crippen molar-refractivity contribution in [1.82, 2.24) is 0 Å². The Morgan fingerprint density at radius 2 is 1.00 bits per heavy atom. The molecule has 6 heteroatoms. The lowest BCUT2D eigenvalue weighted by Crippen LogP contribution is -2.51. The molecule has 0 aromatic heterocycles. The van der Waals surface area contributed by atoms with Gasteiger partial charge < -0.3 is 19.7 Å². The number of aliphatic hydroxyl groups excluding tert-OH is 1. The molecule has 242 valence electrons. The maximum Gasteiger partial charge on any atom is 0.351 e. The Kier molecular flexibility index (Phi) is 9.52. The second-order valence-corrected chi connectivity index (χ2v) is 15.8. The summed E-state index contributed by atoms with van der Waals surface area (Å²) in [5.74, 6) is -0.725. The number of hydrogen-bond donors (Lipinski definition) is 2. The molecule has 0 amide bonds. The number of benzene rings is 6. The number of aliphatic hydroxyl groups is 1. The topological polar surface area (TPSA) is 76.0 Å². The number of ether oxygens (including phenoxy) is 2. The van der Waals surface area contributed by atoms with Crippen LogP contribution in [-0.4, -0.2) is 34.6 Å². The third-order valence-corrected chi connectivity index (χ3v) is 14.2. The van der Waals surface area contributed by atoms with Crippen LogP contribution in [0.5, 0.6) is 5.75 Å². The minimum absolute atomic E-state index is 0.0000217. The fourth-order valence-electron chi connectivity index (χ4n) is 7.14. The van der Waals surface area contributed by atoms with Crippen LogP contribution in [0.4, 0.5) is 0 Å². The van der Waals surface area contributed by atoms with Crippen LogP contribution in [0.2, 0.25) is 0 Å². The first kappa shape index (κ1) is 32.8. The molecule has 0 fully saturated rings. The highest BCUT2D eigenvalue weighted by Gasteiger charge is 2.65. The summed E-state index contributed by atoms with van der Waals surface area (Å²) >= 11 is 0. The Labute approximate surface area is 282 Å². The van der Waals surface area contributed by atoms with Crippen molar-refractivity contribution in [2.24, 2.45) is 0 Å². The molecule has 48 heavy (non-hydrogen) atoms. The van der Waals surface area contributed by atoms with Gasteiger partial charge >= 0.3 is 5.97 Å². The Morgan fingerprint density at radius 3 is 1.46 bits per heavy atom. The van der Waals surface area contributed by atoms with Gasteiger partial charge in [-0.15, -0.1) is 0 Å². The van der Waals surface area contributed by atoms with E-state index in [0.29, 0.717) is 16.5 Å². The molecule has 6 aromatic rings. The molecular formula is C42H40O5P+. The number of fused-ring (bicyclic) bond motifs is 3. The summed E-state index contributed by atoms with van der Waals surface area (Å²) in [7, 11) is -2.97. The number of phenols is 1. The molecule has 6 aromatic carbocycles. The van der Waals surface area contributed by atoms with Crippen molar-refractivity contribution in [3.05, 3.63) is 151 Å². The molecule has 0 heterocycles. The van der Waals surface area contributed by atoms with Crippen LogP contribution in [0.1, 0.15) is 32.8 Å². The van der Waals surface area contributed by atoms with E-state index < -0.39 is 18.4 Å². The van der Waals surface area contributed by atoms with Crippen LogP contribution in [0.3, 0.4) is 0 Å². The van der Waals surface area contributed by atoms with Gasteiger partial charge in [-0.2, -0.15) is 0 Å². The Hall–Kier alpha value is -5.12. The lowest BCUT2D eigenvalue weighted by molar-refractivity contribution is -0.145. The van der Waals surface area contributed by atoms with E-state index in [4.69, 9.17) is 9.47 Å². The number of hydrogen-bond acceptors (Lipinski definition) is 5. The van der Waals surface area contributed by atoms with Gasteiger partial charge in [0.2, 0.25) is 0 Å². The van der Waals surface area contributed by atoms with Crippen molar-refractivity contribution in [2.45, 2.75) is 32.3 Å². The Bertz CT molecular complexity index is 1980. The first-order valence-electron chi connectivity index (χ1n) is 16.3. The third kappa shape index (κ3) is 5.48. The molecule has 0 aliphatic rings. The summed E-state index contributed by atoms with van der Waals surface area (Å²) in [4.78, 5) is 14.9. The molecule has 0 saturated carbocycles. The van der Waals surface area contributed by atoms with Crippen molar-refractivity contribution < 1.29 is 24.5 Å². The summed E-state index contributed by atoms with van der Waals surface area (Å²) in [5, 5.41) is 28.8. The van der Waals surface area contributed by atoms with E-state index in [1.54, 1.807) is 6.92 Å². The number of phenolic OH excluding ortho intramolecular Hbond substituents is 1. The van der Waals surface area contributed by atoms with Gasteiger partial charge in [-0.25, -0.2) is 4.79 Å². The van der Waals surface area contributed by atoms with E-state index in [1.807, 2.05) is 117 Å². The van der Waals surface area contributed by atoms with E-state index in [0.717, 1.165) is 32.1 Å². The zero-order chi connectivity index (χ0) is 33.7. The van der Waals surface area contributed by atoms with Crippen LogP contribution in [-0.2, 0) is 14.3 Å². The highest BCUT2D eigenvalue weighted by atomic mass is 31.2. The molecule has 1 atom stereocenters. The molecule has 0 bridgehead atoms. The number of esters is 1. The van der Waals surface area contributed by atoms with Crippen molar-refractivity contribution in [3.8, 4) is 5.75 Å². The lowest BCUT2D eigenvalue weighted by atomic mass is 9.88. The summed E-state index contributed by atoms with van der Waals surface area (Å²) < 4.78 is 11.9. The van der Waals surface area contributed by atoms with E-state index >= 15 is 0 Å². The SMILES string of the molecule is CCOC(=O)C(C)(C/C(=C(\O)OCC)c1c(O)c2ccccc2c2ccccc12)[P+](c1ccccc1)(c1ccccc1)c1ccccc1. The second-order valence-electron chi connectivity index (χ2n) is 11.9. The Balaban J connectivity index is 1.76.